The van der Waals surface area contributed by atoms with Gasteiger partial charge in [0.05, 0.1) is 7.11 Å². The number of methoxy groups -OCH3 is 1. The van der Waals surface area contributed by atoms with Crippen LogP contribution in [0.3, 0.4) is 0 Å². The fraction of sp³-hybridized carbons (Fsp3) is 0.556. The molecule has 0 spiro atoms. The third kappa shape index (κ3) is 3.16. The second-order valence-electron chi connectivity index (χ2n) is 5.98. The molecule has 1 aliphatic carbocycles. The van der Waals surface area contributed by atoms with Crippen LogP contribution in [0.1, 0.15) is 55.1 Å². The summed E-state index contributed by atoms with van der Waals surface area (Å²) in [6.07, 6.45) is 3.04. The highest BCUT2D eigenvalue weighted by atomic mass is 16.5. The summed E-state index contributed by atoms with van der Waals surface area (Å²) in [5, 5.41) is 3.35. The molecule has 4 nitrogen and oxygen atoms in total. The van der Waals surface area contributed by atoms with Crippen LogP contribution in [0.15, 0.2) is 12.1 Å². The van der Waals surface area contributed by atoms with Gasteiger partial charge in [-0.25, -0.2) is 4.79 Å². The first kappa shape index (κ1) is 16.5. The molecular weight excluding hydrogens is 278 g/mol. The van der Waals surface area contributed by atoms with Gasteiger partial charge in [0.2, 0.25) is 0 Å². The number of ketones is 1. The van der Waals surface area contributed by atoms with Crippen molar-refractivity contribution in [2.45, 2.75) is 52.5 Å². The van der Waals surface area contributed by atoms with E-state index in [9.17, 15) is 9.59 Å². The Balaban J connectivity index is 2.39. The van der Waals surface area contributed by atoms with E-state index in [-0.39, 0.29) is 23.7 Å². The number of hydrogen-bond donors (Lipinski definition) is 1. The normalized spacial score (nSPS) is 16.1. The molecule has 0 fully saturated rings. The predicted molar refractivity (Wildman–Crippen MR) is 87.4 cm³/mol. The van der Waals surface area contributed by atoms with Gasteiger partial charge in [0.25, 0.3) is 0 Å². The minimum Gasteiger partial charge on any atom is -0.467 e. The van der Waals surface area contributed by atoms with Crippen molar-refractivity contribution in [3.8, 4) is 0 Å². The number of benzene rings is 1. The Labute approximate surface area is 132 Å². The lowest BCUT2D eigenvalue weighted by Crippen LogP contribution is -2.36. The number of hydrogen-bond acceptors (Lipinski definition) is 4. The highest BCUT2D eigenvalue weighted by molar-refractivity contribution is 6.02. The molecular formula is C18H25NO3. The number of rotatable bonds is 6. The maximum absolute atomic E-state index is 12.1. The number of carbonyl (C=O) groups is 2. The van der Waals surface area contributed by atoms with Crippen LogP contribution in [0, 0.1) is 5.92 Å². The van der Waals surface area contributed by atoms with Gasteiger partial charge >= 0.3 is 5.97 Å². The zero-order valence-corrected chi connectivity index (χ0v) is 13.9. The summed E-state index contributed by atoms with van der Waals surface area (Å²) in [5.74, 6) is 0.103. The molecule has 0 saturated heterocycles. The molecule has 1 aromatic carbocycles. The van der Waals surface area contributed by atoms with E-state index in [1.807, 2.05) is 13.0 Å². The summed E-state index contributed by atoms with van der Waals surface area (Å²) < 4.78 is 4.94. The maximum Gasteiger partial charge on any atom is 0.328 e. The lowest BCUT2D eigenvalue weighted by Gasteiger charge is -2.24. The van der Waals surface area contributed by atoms with Crippen LogP contribution in [0.4, 0.5) is 5.69 Å². The molecule has 0 saturated carbocycles. The molecule has 1 N–H and O–H groups in total. The minimum absolute atomic E-state index is 0.158. The van der Waals surface area contributed by atoms with Crippen LogP contribution in [-0.2, 0) is 22.4 Å². The van der Waals surface area contributed by atoms with Crippen molar-refractivity contribution in [3.05, 3.63) is 28.8 Å². The Morgan fingerprint density at radius 3 is 2.64 bits per heavy atom. The Morgan fingerprint density at radius 1 is 1.32 bits per heavy atom. The average molecular weight is 303 g/mol. The molecule has 0 amide bonds. The molecule has 2 atom stereocenters. The molecule has 1 aliphatic rings. The van der Waals surface area contributed by atoms with E-state index >= 15 is 0 Å². The molecule has 0 aromatic heterocycles. The van der Waals surface area contributed by atoms with E-state index in [1.165, 1.54) is 7.11 Å². The molecule has 0 aliphatic heterocycles. The van der Waals surface area contributed by atoms with Crippen molar-refractivity contribution in [2.24, 2.45) is 5.92 Å². The van der Waals surface area contributed by atoms with E-state index in [0.29, 0.717) is 6.42 Å². The van der Waals surface area contributed by atoms with Crippen molar-refractivity contribution < 1.29 is 14.3 Å². The number of aryl methyl sites for hydroxylation is 1. The van der Waals surface area contributed by atoms with Gasteiger partial charge in [0.1, 0.15) is 6.04 Å². The van der Waals surface area contributed by atoms with E-state index in [4.69, 9.17) is 4.74 Å². The fourth-order valence-electron chi connectivity index (χ4n) is 2.92. The second-order valence-corrected chi connectivity index (χ2v) is 5.98. The van der Waals surface area contributed by atoms with Crippen molar-refractivity contribution in [1.29, 1.82) is 0 Å². The van der Waals surface area contributed by atoms with Gasteiger partial charge in [0.15, 0.2) is 5.78 Å². The van der Waals surface area contributed by atoms with Gasteiger partial charge in [-0.3, -0.25) is 4.79 Å². The van der Waals surface area contributed by atoms with E-state index in [1.54, 1.807) is 0 Å². The number of fused-ring (bicyclic) bond motifs is 1. The van der Waals surface area contributed by atoms with Gasteiger partial charge < -0.3 is 10.1 Å². The molecule has 0 radical (unpaired) electrons. The lowest BCUT2D eigenvalue weighted by atomic mass is 9.96. The Morgan fingerprint density at radius 2 is 2.05 bits per heavy atom. The van der Waals surface area contributed by atoms with Crippen LogP contribution < -0.4 is 5.32 Å². The smallest absolute Gasteiger partial charge is 0.328 e. The van der Waals surface area contributed by atoms with Crippen LogP contribution in [-0.4, -0.2) is 24.9 Å². The van der Waals surface area contributed by atoms with Gasteiger partial charge in [-0.1, -0.05) is 27.2 Å². The SMILES string of the molecule is CCc1cc(N[C@H](C(=O)OC)[C@@H](C)CC)c2c(c1)C(=O)CC2. The summed E-state index contributed by atoms with van der Waals surface area (Å²) in [4.78, 5) is 24.1. The highest BCUT2D eigenvalue weighted by Crippen LogP contribution is 2.32. The summed E-state index contributed by atoms with van der Waals surface area (Å²) in [6, 6.07) is 3.67. The zero-order valence-electron chi connectivity index (χ0n) is 13.9. The number of esters is 1. The second kappa shape index (κ2) is 6.95. The number of Topliss-reactive ketones (excluding diaryl/α,β-unsaturated/α-hetero) is 1. The minimum atomic E-state index is -0.387. The summed E-state index contributed by atoms with van der Waals surface area (Å²) in [7, 11) is 1.41. The van der Waals surface area contributed by atoms with Crippen LogP contribution >= 0.6 is 0 Å². The number of nitrogens with one attached hydrogen (secondary N) is 1. The zero-order chi connectivity index (χ0) is 16.3. The van der Waals surface area contributed by atoms with Crippen molar-refractivity contribution in [3.63, 3.8) is 0 Å². The average Bonchev–Trinajstić information content (AvgIpc) is 2.92. The van der Waals surface area contributed by atoms with Gasteiger partial charge in [0, 0.05) is 17.7 Å². The van der Waals surface area contributed by atoms with E-state index < -0.39 is 0 Å². The quantitative estimate of drug-likeness (QED) is 0.819. The van der Waals surface area contributed by atoms with Crippen molar-refractivity contribution in [1.82, 2.24) is 0 Å². The molecule has 22 heavy (non-hydrogen) atoms. The molecule has 120 valence electrons. The van der Waals surface area contributed by atoms with Crippen LogP contribution in [0.5, 0.6) is 0 Å². The number of carbonyl (C=O) groups excluding carboxylic acids is 2. The fourth-order valence-corrected chi connectivity index (χ4v) is 2.92. The number of ether oxygens (including phenoxy) is 1. The van der Waals surface area contributed by atoms with E-state index in [2.05, 4.69) is 25.2 Å². The summed E-state index contributed by atoms with van der Waals surface area (Å²) >= 11 is 0. The monoisotopic (exact) mass is 303 g/mol. The van der Waals surface area contributed by atoms with Crippen molar-refractivity contribution >= 4 is 17.4 Å². The molecule has 0 bridgehead atoms. The predicted octanol–water partition coefficient (Wildman–Crippen LogP) is 3.38. The first-order valence-corrected chi connectivity index (χ1v) is 8.05. The summed E-state index contributed by atoms with van der Waals surface area (Å²) in [6.45, 7) is 6.15. The summed E-state index contributed by atoms with van der Waals surface area (Å²) in [5.41, 5.74) is 3.88. The largest absolute Gasteiger partial charge is 0.467 e. The maximum atomic E-state index is 12.1. The standard InChI is InChI=1S/C18H25NO3/c1-5-11(3)17(18(21)22-4)19-15-10-12(6-2)9-14-13(15)7-8-16(14)20/h9-11,17,19H,5-8H2,1-4H3/t11-,17-/m0/s1. The molecule has 1 aromatic rings. The van der Waals surface area contributed by atoms with Gasteiger partial charge in [-0.05, 0) is 42.0 Å². The number of anilines is 1. The Kier molecular flexibility index (Phi) is 5.22. The molecule has 2 rings (SSSR count). The molecule has 4 heteroatoms. The third-order valence-corrected chi connectivity index (χ3v) is 4.60. The van der Waals surface area contributed by atoms with Gasteiger partial charge in [-0.2, -0.15) is 0 Å². The van der Waals surface area contributed by atoms with Crippen LogP contribution in [0.25, 0.3) is 0 Å². The topological polar surface area (TPSA) is 55.4 Å². The van der Waals surface area contributed by atoms with Crippen LogP contribution in [0.2, 0.25) is 0 Å². The Bertz CT molecular complexity index is 580. The van der Waals surface area contributed by atoms with Crippen molar-refractivity contribution in [2.75, 3.05) is 12.4 Å². The first-order valence-electron chi connectivity index (χ1n) is 8.05. The Hall–Kier alpha value is -1.84. The highest BCUT2D eigenvalue weighted by Gasteiger charge is 2.28. The first-order chi connectivity index (χ1) is 10.5. The van der Waals surface area contributed by atoms with Gasteiger partial charge in [-0.15, -0.1) is 0 Å². The molecule has 0 unspecified atom stereocenters. The van der Waals surface area contributed by atoms with E-state index in [0.717, 1.165) is 41.6 Å². The molecule has 0 heterocycles. The third-order valence-electron chi connectivity index (χ3n) is 4.60. The lowest BCUT2D eigenvalue weighted by molar-refractivity contribution is -0.142.